The Kier molecular flexibility index (Phi) is 5.94. The fourth-order valence-electron chi connectivity index (χ4n) is 4.38. The number of benzene rings is 1. The molecule has 4 rings (SSSR count). The number of hydrogen-bond donors (Lipinski definition) is 1. The number of para-hydroxylation sites is 1. The topological polar surface area (TPSA) is 88.2 Å². The molecule has 8 heteroatoms. The minimum absolute atomic E-state index is 0.0468. The number of carbonyl (C=O) groups is 3. The highest BCUT2D eigenvalue weighted by molar-refractivity contribution is 5.99. The minimum atomic E-state index is -0.697. The second kappa shape index (κ2) is 8.63. The largest absolute Gasteiger partial charge is 0.485 e. The van der Waals surface area contributed by atoms with Gasteiger partial charge in [-0.05, 0) is 31.4 Å². The van der Waals surface area contributed by atoms with Gasteiger partial charge in [0.2, 0.25) is 11.8 Å². The quantitative estimate of drug-likeness (QED) is 0.798. The van der Waals surface area contributed by atoms with E-state index < -0.39 is 5.60 Å². The summed E-state index contributed by atoms with van der Waals surface area (Å²) < 4.78 is 11.9. The summed E-state index contributed by atoms with van der Waals surface area (Å²) in [6.07, 6.45) is 3.46. The molecule has 0 aliphatic carbocycles. The van der Waals surface area contributed by atoms with E-state index >= 15 is 0 Å². The van der Waals surface area contributed by atoms with Crippen molar-refractivity contribution in [1.82, 2.24) is 15.1 Å². The number of nitrogens with one attached hydrogen (secondary N) is 1. The smallest absolute Gasteiger partial charge is 0.258 e. The standard InChI is InChI=1S/C22H29N3O5/c1-24-11-10-22(9-8-20(24)27)15-25(14-19(26)23-13-16-5-4-12-29-16)21(28)17-6-2-3-7-18(17)30-22/h2-3,6-7,16H,4-5,8-15H2,1H3,(H,23,26). The number of fused-ring (bicyclic) bond motifs is 1. The molecule has 2 atom stereocenters. The van der Waals surface area contributed by atoms with Gasteiger partial charge in [0, 0.05) is 39.6 Å². The normalized spacial score (nSPS) is 26.8. The van der Waals surface area contributed by atoms with Gasteiger partial charge in [-0.1, -0.05) is 12.1 Å². The van der Waals surface area contributed by atoms with Crippen LogP contribution in [0.5, 0.6) is 5.75 Å². The van der Waals surface area contributed by atoms with Crippen LogP contribution in [0.15, 0.2) is 24.3 Å². The molecule has 1 aromatic carbocycles. The van der Waals surface area contributed by atoms with E-state index in [2.05, 4.69) is 5.32 Å². The third-order valence-electron chi connectivity index (χ3n) is 6.22. The summed E-state index contributed by atoms with van der Waals surface area (Å²) in [5, 5.41) is 2.89. The number of amides is 3. The average Bonchev–Trinajstić information content (AvgIpc) is 3.19. The summed E-state index contributed by atoms with van der Waals surface area (Å²) in [4.78, 5) is 41.3. The molecule has 2 saturated heterocycles. The Morgan fingerprint density at radius 2 is 2.10 bits per heavy atom. The predicted octanol–water partition coefficient (Wildman–Crippen LogP) is 1.20. The molecule has 30 heavy (non-hydrogen) atoms. The highest BCUT2D eigenvalue weighted by Crippen LogP contribution is 2.35. The molecule has 0 bridgehead atoms. The van der Waals surface area contributed by atoms with Gasteiger partial charge in [0.1, 0.15) is 11.4 Å². The Labute approximate surface area is 176 Å². The van der Waals surface area contributed by atoms with Crippen molar-refractivity contribution in [3.8, 4) is 5.75 Å². The number of hydrogen-bond acceptors (Lipinski definition) is 5. The van der Waals surface area contributed by atoms with Crippen LogP contribution in [0.4, 0.5) is 0 Å². The fraction of sp³-hybridized carbons (Fsp3) is 0.591. The fourth-order valence-corrected chi connectivity index (χ4v) is 4.38. The maximum Gasteiger partial charge on any atom is 0.258 e. The lowest BCUT2D eigenvalue weighted by atomic mass is 9.93. The predicted molar refractivity (Wildman–Crippen MR) is 109 cm³/mol. The zero-order valence-electron chi connectivity index (χ0n) is 17.4. The average molecular weight is 415 g/mol. The number of nitrogens with zero attached hydrogens (tertiary/aromatic N) is 2. The summed E-state index contributed by atoms with van der Waals surface area (Å²) in [5.41, 5.74) is -0.248. The molecule has 3 aliphatic rings. The van der Waals surface area contributed by atoms with E-state index in [1.54, 1.807) is 35.0 Å². The summed E-state index contributed by atoms with van der Waals surface area (Å²) in [7, 11) is 1.79. The summed E-state index contributed by atoms with van der Waals surface area (Å²) in [6.45, 7) is 1.96. The molecule has 3 heterocycles. The summed E-state index contributed by atoms with van der Waals surface area (Å²) in [5.74, 6) is 0.149. The van der Waals surface area contributed by atoms with Gasteiger partial charge in [0.15, 0.2) is 0 Å². The van der Waals surface area contributed by atoms with E-state index in [9.17, 15) is 14.4 Å². The molecule has 8 nitrogen and oxygen atoms in total. The molecule has 1 aromatic rings. The zero-order valence-corrected chi connectivity index (χ0v) is 17.4. The molecule has 1 N–H and O–H groups in total. The van der Waals surface area contributed by atoms with Gasteiger partial charge in [0.05, 0.1) is 24.8 Å². The molecule has 1 spiro atoms. The minimum Gasteiger partial charge on any atom is -0.485 e. The Balaban J connectivity index is 1.53. The van der Waals surface area contributed by atoms with Crippen LogP contribution in [-0.2, 0) is 14.3 Å². The molecule has 162 valence electrons. The highest BCUT2D eigenvalue weighted by atomic mass is 16.5. The van der Waals surface area contributed by atoms with Crippen LogP contribution in [0.2, 0.25) is 0 Å². The first-order chi connectivity index (χ1) is 14.5. The van der Waals surface area contributed by atoms with E-state index in [0.29, 0.717) is 43.7 Å². The van der Waals surface area contributed by atoms with Crippen LogP contribution in [0, 0.1) is 0 Å². The van der Waals surface area contributed by atoms with Crippen LogP contribution < -0.4 is 10.1 Å². The van der Waals surface area contributed by atoms with E-state index in [-0.39, 0.29) is 36.9 Å². The monoisotopic (exact) mass is 415 g/mol. The summed E-state index contributed by atoms with van der Waals surface area (Å²) >= 11 is 0. The van der Waals surface area contributed by atoms with Gasteiger partial charge < -0.3 is 24.6 Å². The second-order valence-electron chi connectivity index (χ2n) is 8.45. The van der Waals surface area contributed by atoms with Crippen LogP contribution in [0.1, 0.15) is 42.5 Å². The molecule has 3 aliphatic heterocycles. The Hall–Kier alpha value is -2.61. The molecular weight excluding hydrogens is 386 g/mol. The number of likely N-dealkylation sites (tertiary alicyclic amines) is 1. The van der Waals surface area contributed by atoms with Crippen molar-refractivity contribution in [2.45, 2.75) is 43.8 Å². The molecule has 3 amide bonds. The maximum absolute atomic E-state index is 13.2. The Bertz CT molecular complexity index is 823. The van der Waals surface area contributed by atoms with Crippen LogP contribution in [0.25, 0.3) is 0 Å². The van der Waals surface area contributed by atoms with Crippen molar-refractivity contribution in [3.05, 3.63) is 29.8 Å². The van der Waals surface area contributed by atoms with Gasteiger partial charge in [0.25, 0.3) is 5.91 Å². The third-order valence-corrected chi connectivity index (χ3v) is 6.22. The van der Waals surface area contributed by atoms with E-state index in [1.807, 2.05) is 6.07 Å². The molecular formula is C22H29N3O5. The lowest BCUT2D eigenvalue weighted by Gasteiger charge is -2.35. The number of rotatable bonds is 4. The van der Waals surface area contributed by atoms with Crippen molar-refractivity contribution in [2.75, 3.05) is 39.8 Å². The van der Waals surface area contributed by atoms with Gasteiger partial charge in [-0.25, -0.2) is 0 Å². The molecule has 0 aromatic heterocycles. The van der Waals surface area contributed by atoms with Gasteiger partial charge in [-0.3, -0.25) is 14.4 Å². The number of ether oxygens (including phenoxy) is 2. The number of carbonyl (C=O) groups excluding carboxylic acids is 3. The van der Waals surface area contributed by atoms with Crippen molar-refractivity contribution in [2.24, 2.45) is 0 Å². The summed E-state index contributed by atoms with van der Waals surface area (Å²) in [6, 6.07) is 7.13. The Morgan fingerprint density at radius 1 is 1.27 bits per heavy atom. The lowest BCUT2D eigenvalue weighted by Crippen LogP contribution is -2.51. The highest BCUT2D eigenvalue weighted by Gasteiger charge is 2.43. The first-order valence-corrected chi connectivity index (χ1v) is 10.7. The maximum atomic E-state index is 13.2. The van der Waals surface area contributed by atoms with Crippen LogP contribution >= 0.6 is 0 Å². The van der Waals surface area contributed by atoms with Gasteiger partial charge in [-0.15, -0.1) is 0 Å². The first-order valence-electron chi connectivity index (χ1n) is 10.7. The zero-order chi connectivity index (χ0) is 21.1. The van der Waals surface area contributed by atoms with Crippen molar-refractivity contribution in [1.29, 1.82) is 0 Å². The van der Waals surface area contributed by atoms with Crippen LogP contribution in [0.3, 0.4) is 0 Å². The van der Waals surface area contributed by atoms with Gasteiger partial charge >= 0.3 is 0 Å². The van der Waals surface area contributed by atoms with Gasteiger partial charge in [-0.2, -0.15) is 0 Å². The van der Waals surface area contributed by atoms with E-state index in [1.165, 1.54) is 0 Å². The Morgan fingerprint density at radius 3 is 2.90 bits per heavy atom. The van der Waals surface area contributed by atoms with E-state index in [0.717, 1.165) is 19.4 Å². The molecule has 0 saturated carbocycles. The SMILES string of the molecule is CN1CCC2(CCC1=O)CN(CC(=O)NCC1CCCO1)C(=O)c1ccccc1O2. The molecule has 0 radical (unpaired) electrons. The molecule has 2 fully saturated rings. The van der Waals surface area contributed by atoms with E-state index in [4.69, 9.17) is 9.47 Å². The van der Waals surface area contributed by atoms with Crippen LogP contribution in [-0.4, -0.2) is 79.1 Å². The first kappa shape index (κ1) is 20.7. The second-order valence-corrected chi connectivity index (χ2v) is 8.45. The van der Waals surface area contributed by atoms with Crippen molar-refractivity contribution < 1.29 is 23.9 Å². The third kappa shape index (κ3) is 4.43. The van der Waals surface area contributed by atoms with Crippen molar-refractivity contribution in [3.63, 3.8) is 0 Å². The molecule has 2 unspecified atom stereocenters. The van der Waals surface area contributed by atoms with Crippen molar-refractivity contribution >= 4 is 17.7 Å². The lowest BCUT2D eigenvalue weighted by molar-refractivity contribution is -0.129.